The zero-order valence-electron chi connectivity index (χ0n) is 20.1. The summed E-state index contributed by atoms with van der Waals surface area (Å²) < 4.78 is 9.05. The lowest BCUT2D eigenvalue weighted by Gasteiger charge is -2.34. The number of aryl methyl sites for hydroxylation is 2. The Hall–Kier alpha value is -3.59. The van der Waals surface area contributed by atoms with Crippen LogP contribution in [0.15, 0.2) is 36.7 Å². The Morgan fingerprint density at radius 2 is 2.00 bits per heavy atom. The third-order valence-electron chi connectivity index (χ3n) is 6.55. The molecule has 0 radical (unpaired) electrons. The monoisotopic (exact) mass is 461 g/mol. The molecule has 3 heterocycles. The van der Waals surface area contributed by atoms with Crippen molar-refractivity contribution in [2.75, 3.05) is 44.0 Å². The fraction of sp³-hybridized carbons (Fsp3) is 0.400. The van der Waals surface area contributed by atoms with E-state index in [1.54, 1.807) is 16.5 Å². The molecule has 2 aromatic heterocycles. The van der Waals surface area contributed by atoms with E-state index in [4.69, 9.17) is 4.74 Å². The number of carbonyl (C=O) groups is 1. The molecule has 178 valence electrons. The molecule has 2 N–H and O–H groups in total. The summed E-state index contributed by atoms with van der Waals surface area (Å²) in [7, 11) is 7.36. The molecule has 1 aliphatic heterocycles. The molecule has 1 unspecified atom stereocenters. The highest BCUT2D eigenvalue weighted by Crippen LogP contribution is 2.34. The van der Waals surface area contributed by atoms with E-state index in [1.165, 1.54) is 6.42 Å². The fourth-order valence-electron chi connectivity index (χ4n) is 5.04. The smallest absolute Gasteiger partial charge is 0.258 e. The van der Waals surface area contributed by atoms with Gasteiger partial charge in [0.15, 0.2) is 0 Å². The first-order valence-electron chi connectivity index (χ1n) is 11.7. The SMILES string of the molecule is CNCC1CCCN(c2ccc(C(=O)Nc3cc4cn(C)nc4cc3OC)c3nn(C)cc23)C1. The summed E-state index contributed by atoms with van der Waals surface area (Å²) in [6, 6.07) is 7.67. The van der Waals surface area contributed by atoms with Gasteiger partial charge in [0.2, 0.25) is 0 Å². The molecule has 34 heavy (non-hydrogen) atoms. The topological polar surface area (TPSA) is 89.2 Å². The molecule has 1 amide bonds. The first kappa shape index (κ1) is 22.2. The van der Waals surface area contributed by atoms with Crippen molar-refractivity contribution in [1.82, 2.24) is 24.9 Å². The second kappa shape index (κ2) is 8.98. The number of ether oxygens (including phenoxy) is 1. The standard InChI is InChI=1S/C25H31N7O2/c1-26-12-16-6-5-9-32(13-16)22-8-7-18(24-19(22)15-31(3)29-24)25(33)27-21-10-17-14-30(2)28-20(17)11-23(21)34-4/h7-8,10-11,14-16,26H,5-6,9,12-13H2,1-4H3,(H,27,33). The number of anilines is 2. The van der Waals surface area contributed by atoms with Crippen molar-refractivity contribution in [1.29, 1.82) is 0 Å². The number of benzene rings is 2. The predicted octanol–water partition coefficient (Wildman–Crippen LogP) is 3.16. The van der Waals surface area contributed by atoms with Crippen LogP contribution >= 0.6 is 0 Å². The summed E-state index contributed by atoms with van der Waals surface area (Å²) in [5.74, 6) is 0.962. The summed E-state index contributed by atoms with van der Waals surface area (Å²) in [5, 5.41) is 17.3. The molecule has 1 fully saturated rings. The van der Waals surface area contributed by atoms with Crippen LogP contribution in [-0.4, -0.2) is 59.3 Å². The number of nitrogens with zero attached hydrogens (tertiary/aromatic N) is 5. The normalized spacial score (nSPS) is 16.4. The highest BCUT2D eigenvalue weighted by molar-refractivity contribution is 6.14. The lowest BCUT2D eigenvalue weighted by Crippen LogP contribution is -2.39. The van der Waals surface area contributed by atoms with Gasteiger partial charge in [0, 0.05) is 62.1 Å². The van der Waals surface area contributed by atoms with Gasteiger partial charge in [-0.1, -0.05) is 0 Å². The summed E-state index contributed by atoms with van der Waals surface area (Å²) >= 11 is 0. The number of nitrogens with one attached hydrogen (secondary N) is 2. The van der Waals surface area contributed by atoms with Crippen molar-refractivity contribution in [3.8, 4) is 5.75 Å². The van der Waals surface area contributed by atoms with Gasteiger partial charge in [-0.3, -0.25) is 14.2 Å². The highest BCUT2D eigenvalue weighted by Gasteiger charge is 2.24. The second-order valence-corrected chi connectivity index (χ2v) is 9.08. The number of fused-ring (bicyclic) bond motifs is 2. The van der Waals surface area contributed by atoms with E-state index >= 15 is 0 Å². The van der Waals surface area contributed by atoms with Gasteiger partial charge in [-0.05, 0) is 50.6 Å². The van der Waals surface area contributed by atoms with Gasteiger partial charge in [-0.15, -0.1) is 0 Å². The van der Waals surface area contributed by atoms with Crippen LogP contribution < -0.4 is 20.3 Å². The van der Waals surface area contributed by atoms with Gasteiger partial charge < -0.3 is 20.3 Å². The number of hydrogen-bond donors (Lipinski definition) is 2. The van der Waals surface area contributed by atoms with E-state index in [9.17, 15) is 4.79 Å². The summed E-state index contributed by atoms with van der Waals surface area (Å²) in [5.41, 5.74) is 3.79. The van der Waals surface area contributed by atoms with Gasteiger partial charge in [0.05, 0.1) is 23.9 Å². The van der Waals surface area contributed by atoms with Crippen LogP contribution in [0.5, 0.6) is 5.75 Å². The molecule has 0 bridgehead atoms. The Bertz CT molecular complexity index is 1350. The van der Waals surface area contributed by atoms with Crippen LogP contribution in [0.1, 0.15) is 23.2 Å². The van der Waals surface area contributed by atoms with Crippen LogP contribution in [0.3, 0.4) is 0 Å². The van der Waals surface area contributed by atoms with Crippen molar-refractivity contribution < 1.29 is 9.53 Å². The van der Waals surface area contributed by atoms with E-state index in [1.807, 2.05) is 51.7 Å². The Balaban J connectivity index is 1.48. The Morgan fingerprint density at radius 3 is 2.79 bits per heavy atom. The van der Waals surface area contributed by atoms with Crippen LogP contribution in [0, 0.1) is 5.92 Å². The van der Waals surface area contributed by atoms with Crippen molar-refractivity contribution in [2.45, 2.75) is 12.8 Å². The maximum Gasteiger partial charge on any atom is 0.258 e. The molecule has 5 rings (SSSR count). The maximum absolute atomic E-state index is 13.4. The third-order valence-corrected chi connectivity index (χ3v) is 6.55. The molecule has 9 heteroatoms. The molecule has 2 aromatic carbocycles. The van der Waals surface area contributed by atoms with Crippen LogP contribution in [-0.2, 0) is 14.1 Å². The number of amides is 1. The van der Waals surface area contributed by atoms with E-state index in [2.05, 4.69) is 31.8 Å². The zero-order chi connectivity index (χ0) is 23.8. The second-order valence-electron chi connectivity index (χ2n) is 9.08. The molecule has 0 spiro atoms. The first-order valence-corrected chi connectivity index (χ1v) is 11.7. The van der Waals surface area contributed by atoms with Gasteiger partial charge in [0.1, 0.15) is 11.3 Å². The van der Waals surface area contributed by atoms with Gasteiger partial charge in [-0.25, -0.2) is 0 Å². The molecular weight excluding hydrogens is 430 g/mol. The number of piperidine rings is 1. The van der Waals surface area contributed by atoms with E-state index in [0.717, 1.165) is 48.0 Å². The average molecular weight is 462 g/mol. The maximum atomic E-state index is 13.4. The van der Waals surface area contributed by atoms with E-state index < -0.39 is 0 Å². The number of methoxy groups -OCH3 is 1. The van der Waals surface area contributed by atoms with Crippen LogP contribution in [0.25, 0.3) is 21.8 Å². The molecule has 1 saturated heterocycles. The van der Waals surface area contributed by atoms with Crippen molar-refractivity contribution in [3.05, 3.63) is 42.2 Å². The highest BCUT2D eigenvalue weighted by atomic mass is 16.5. The summed E-state index contributed by atoms with van der Waals surface area (Å²) in [6.45, 7) is 3.02. The van der Waals surface area contributed by atoms with E-state index in [0.29, 0.717) is 28.4 Å². The van der Waals surface area contributed by atoms with Crippen molar-refractivity contribution in [3.63, 3.8) is 0 Å². The quantitative estimate of drug-likeness (QED) is 0.459. The first-order chi connectivity index (χ1) is 16.5. The number of carbonyl (C=O) groups excluding carboxylic acids is 1. The van der Waals surface area contributed by atoms with E-state index in [-0.39, 0.29) is 5.91 Å². The van der Waals surface area contributed by atoms with Gasteiger partial charge in [-0.2, -0.15) is 10.2 Å². The summed E-state index contributed by atoms with van der Waals surface area (Å²) in [4.78, 5) is 15.8. The Kier molecular flexibility index (Phi) is 5.87. The molecule has 0 aliphatic carbocycles. The largest absolute Gasteiger partial charge is 0.494 e. The minimum atomic E-state index is -0.219. The predicted molar refractivity (Wildman–Crippen MR) is 135 cm³/mol. The Morgan fingerprint density at radius 1 is 1.18 bits per heavy atom. The molecule has 1 aliphatic rings. The lowest BCUT2D eigenvalue weighted by molar-refractivity contribution is 0.102. The minimum absolute atomic E-state index is 0.219. The average Bonchev–Trinajstić information content (AvgIpc) is 3.38. The molecular formula is C25H31N7O2. The summed E-state index contributed by atoms with van der Waals surface area (Å²) in [6.07, 6.45) is 6.31. The van der Waals surface area contributed by atoms with Crippen molar-refractivity contribution >= 4 is 39.1 Å². The van der Waals surface area contributed by atoms with Gasteiger partial charge in [0.25, 0.3) is 5.91 Å². The minimum Gasteiger partial charge on any atom is -0.494 e. The van der Waals surface area contributed by atoms with Gasteiger partial charge >= 0.3 is 0 Å². The number of aromatic nitrogens is 4. The van der Waals surface area contributed by atoms with Crippen molar-refractivity contribution in [2.24, 2.45) is 20.0 Å². The lowest BCUT2D eigenvalue weighted by atomic mass is 9.96. The van der Waals surface area contributed by atoms with Crippen LogP contribution in [0.2, 0.25) is 0 Å². The molecule has 1 atom stereocenters. The number of rotatable bonds is 6. The number of hydrogen-bond acceptors (Lipinski definition) is 6. The zero-order valence-corrected chi connectivity index (χ0v) is 20.1. The third kappa shape index (κ3) is 4.07. The Labute approximate surface area is 198 Å². The molecule has 4 aromatic rings. The fourth-order valence-corrected chi connectivity index (χ4v) is 5.04. The molecule has 9 nitrogen and oxygen atoms in total. The van der Waals surface area contributed by atoms with Crippen LogP contribution in [0.4, 0.5) is 11.4 Å². The molecule has 0 saturated carbocycles.